The van der Waals surface area contributed by atoms with Crippen LogP contribution in [0.4, 0.5) is 10.6 Å². The van der Waals surface area contributed by atoms with Crippen molar-refractivity contribution in [2.24, 2.45) is 5.92 Å². The van der Waals surface area contributed by atoms with Gasteiger partial charge in [0.25, 0.3) is 0 Å². The van der Waals surface area contributed by atoms with Gasteiger partial charge in [0.2, 0.25) is 0 Å². The van der Waals surface area contributed by atoms with Crippen LogP contribution < -0.4 is 10.2 Å². The van der Waals surface area contributed by atoms with Crippen LogP contribution in [0.3, 0.4) is 0 Å². The van der Waals surface area contributed by atoms with Crippen LogP contribution in [0.5, 0.6) is 0 Å². The molecule has 3 rings (SSSR count). The first-order valence-corrected chi connectivity index (χ1v) is 8.78. The van der Waals surface area contributed by atoms with Crippen molar-refractivity contribution in [1.29, 1.82) is 0 Å². The molecule has 25 heavy (non-hydrogen) atoms. The van der Waals surface area contributed by atoms with Crippen LogP contribution in [0.2, 0.25) is 0 Å². The highest BCUT2D eigenvalue weighted by molar-refractivity contribution is 5.89. The van der Waals surface area contributed by atoms with Gasteiger partial charge in [-0.25, -0.2) is 9.78 Å². The van der Waals surface area contributed by atoms with Crippen LogP contribution in [0.1, 0.15) is 34.1 Å². The van der Waals surface area contributed by atoms with E-state index < -0.39 is 5.60 Å². The number of alkyl carbamates (subject to hydrolysis) is 1. The largest absolute Gasteiger partial charge is 0.444 e. The summed E-state index contributed by atoms with van der Waals surface area (Å²) in [7, 11) is 0. The Morgan fingerprint density at radius 1 is 1.28 bits per heavy atom. The topological polar surface area (TPSA) is 67.4 Å². The highest BCUT2D eigenvalue weighted by Crippen LogP contribution is 2.27. The van der Waals surface area contributed by atoms with Crippen molar-refractivity contribution in [2.75, 3.05) is 18.0 Å². The second-order valence-electron chi connectivity index (χ2n) is 7.67. The second-order valence-corrected chi connectivity index (χ2v) is 7.67. The number of carbonyl (C=O) groups excluding carboxylic acids is 1. The molecule has 2 atom stereocenters. The third-order valence-electron chi connectivity index (χ3n) is 4.42. The fraction of sp³-hybridized carbons (Fsp3) is 0.526. The van der Waals surface area contributed by atoms with Crippen molar-refractivity contribution in [3.63, 3.8) is 0 Å². The molecule has 0 saturated carbocycles. The monoisotopic (exact) mass is 342 g/mol. The van der Waals surface area contributed by atoms with E-state index in [1.165, 1.54) is 0 Å². The summed E-state index contributed by atoms with van der Waals surface area (Å²) in [5.41, 5.74) is 0.475. The first-order chi connectivity index (χ1) is 11.8. The lowest BCUT2D eigenvalue weighted by Gasteiger charge is -2.38. The molecule has 0 aromatic carbocycles. The van der Waals surface area contributed by atoms with Gasteiger partial charge in [0.1, 0.15) is 11.4 Å². The van der Waals surface area contributed by atoms with Crippen molar-refractivity contribution in [1.82, 2.24) is 15.3 Å². The lowest BCUT2D eigenvalue weighted by Crippen LogP contribution is -2.51. The van der Waals surface area contributed by atoms with Crippen LogP contribution in [0.15, 0.2) is 30.6 Å². The number of hydrogen-bond donors (Lipinski definition) is 1. The number of carbonyl (C=O) groups is 1. The standard InChI is InChI=1S/C19H26N4O2/c1-13-12-23(11-8-15(13)22-18(24)25-19(2,3)4)17-14-6-5-9-20-16(14)7-10-21-17/h5-7,9-10,13,15H,8,11-12H2,1-4H3,(H,22,24). The number of hydrogen-bond acceptors (Lipinski definition) is 5. The number of nitrogens with zero attached hydrogens (tertiary/aromatic N) is 3. The number of fused-ring (bicyclic) bond motifs is 1. The van der Waals surface area contributed by atoms with Crippen LogP contribution in [0, 0.1) is 5.92 Å². The van der Waals surface area contributed by atoms with Gasteiger partial charge in [-0.3, -0.25) is 4.98 Å². The SMILES string of the molecule is CC1CN(c2nccc3ncccc23)CCC1NC(=O)OC(C)(C)C. The lowest BCUT2D eigenvalue weighted by atomic mass is 9.93. The Morgan fingerprint density at radius 2 is 2.08 bits per heavy atom. The number of nitrogens with one attached hydrogen (secondary N) is 1. The molecule has 6 nitrogen and oxygen atoms in total. The molecule has 0 spiro atoms. The maximum Gasteiger partial charge on any atom is 0.407 e. The van der Waals surface area contributed by atoms with Crippen LogP contribution in [-0.2, 0) is 4.74 Å². The Kier molecular flexibility index (Phi) is 4.79. The number of aromatic nitrogens is 2. The van der Waals surface area contributed by atoms with E-state index in [0.29, 0.717) is 5.92 Å². The van der Waals surface area contributed by atoms with Gasteiger partial charge in [-0.1, -0.05) is 6.92 Å². The molecule has 1 aliphatic heterocycles. The predicted octanol–water partition coefficient (Wildman–Crippen LogP) is 3.37. The maximum atomic E-state index is 12.0. The average molecular weight is 342 g/mol. The summed E-state index contributed by atoms with van der Waals surface area (Å²) >= 11 is 0. The average Bonchev–Trinajstić information content (AvgIpc) is 2.54. The maximum absolute atomic E-state index is 12.0. The van der Waals surface area contributed by atoms with Gasteiger partial charge in [0.15, 0.2) is 0 Å². The third-order valence-corrected chi connectivity index (χ3v) is 4.42. The number of anilines is 1. The number of pyridine rings is 2. The summed E-state index contributed by atoms with van der Waals surface area (Å²) in [6.45, 7) is 9.45. The van der Waals surface area contributed by atoms with E-state index in [-0.39, 0.29) is 12.1 Å². The molecule has 0 radical (unpaired) electrons. The summed E-state index contributed by atoms with van der Waals surface area (Å²) in [5, 5.41) is 4.08. The molecule has 1 N–H and O–H groups in total. The molecule has 2 unspecified atom stereocenters. The normalized spacial score (nSPS) is 21.2. The second kappa shape index (κ2) is 6.86. The van der Waals surface area contributed by atoms with E-state index >= 15 is 0 Å². The molecular weight excluding hydrogens is 316 g/mol. The highest BCUT2D eigenvalue weighted by atomic mass is 16.6. The molecule has 0 bridgehead atoms. The van der Waals surface area contributed by atoms with Crippen molar-refractivity contribution in [3.8, 4) is 0 Å². The third kappa shape index (κ3) is 4.18. The predicted molar refractivity (Wildman–Crippen MR) is 98.7 cm³/mol. The molecule has 2 aromatic rings. The Labute approximate surface area is 148 Å². The summed E-state index contributed by atoms with van der Waals surface area (Å²) in [5.74, 6) is 1.27. The number of amides is 1. The van der Waals surface area contributed by atoms with Crippen LogP contribution >= 0.6 is 0 Å². The van der Waals surface area contributed by atoms with E-state index in [2.05, 4.69) is 33.2 Å². The quantitative estimate of drug-likeness (QED) is 0.906. The van der Waals surface area contributed by atoms with Crippen molar-refractivity contribution in [2.45, 2.75) is 45.8 Å². The number of ether oxygens (including phenoxy) is 1. The molecule has 1 aliphatic rings. The Balaban J connectivity index is 1.68. The van der Waals surface area contributed by atoms with E-state index in [4.69, 9.17) is 4.74 Å². The van der Waals surface area contributed by atoms with Gasteiger partial charge in [-0.15, -0.1) is 0 Å². The minimum Gasteiger partial charge on any atom is -0.444 e. The van der Waals surface area contributed by atoms with Crippen LogP contribution in [-0.4, -0.2) is 40.8 Å². The molecule has 3 heterocycles. The first kappa shape index (κ1) is 17.5. The molecule has 2 aromatic heterocycles. The zero-order valence-electron chi connectivity index (χ0n) is 15.3. The minimum atomic E-state index is -0.478. The molecule has 1 fully saturated rings. The lowest BCUT2D eigenvalue weighted by molar-refractivity contribution is 0.0481. The fourth-order valence-corrected chi connectivity index (χ4v) is 3.25. The summed E-state index contributed by atoms with van der Waals surface area (Å²) in [6.07, 6.45) is 4.12. The highest BCUT2D eigenvalue weighted by Gasteiger charge is 2.30. The first-order valence-electron chi connectivity index (χ1n) is 8.78. The Hall–Kier alpha value is -2.37. The van der Waals surface area contributed by atoms with E-state index in [1.54, 1.807) is 12.4 Å². The van der Waals surface area contributed by atoms with E-state index in [1.807, 2.05) is 32.9 Å². The fourth-order valence-electron chi connectivity index (χ4n) is 3.25. The molecule has 1 saturated heterocycles. The summed E-state index contributed by atoms with van der Waals surface area (Å²) in [6, 6.07) is 6.03. The zero-order chi connectivity index (χ0) is 18.0. The van der Waals surface area contributed by atoms with Crippen molar-refractivity contribution >= 4 is 22.8 Å². The van der Waals surface area contributed by atoms with Gasteiger partial charge in [-0.05, 0) is 51.3 Å². The van der Waals surface area contributed by atoms with Gasteiger partial charge >= 0.3 is 6.09 Å². The van der Waals surface area contributed by atoms with Crippen molar-refractivity contribution in [3.05, 3.63) is 30.6 Å². The Bertz CT molecular complexity index is 751. The Morgan fingerprint density at radius 3 is 2.80 bits per heavy atom. The van der Waals surface area contributed by atoms with Crippen LogP contribution in [0.25, 0.3) is 10.9 Å². The van der Waals surface area contributed by atoms with Gasteiger partial charge in [0.05, 0.1) is 5.52 Å². The molecule has 1 amide bonds. The van der Waals surface area contributed by atoms with Gasteiger partial charge < -0.3 is 15.0 Å². The minimum absolute atomic E-state index is 0.110. The molecular formula is C19H26N4O2. The summed E-state index contributed by atoms with van der Waals surface area (Å²) in [4.78, 5) is 23.3. The molecule has 134 valence electrons. The van der Waals surface area contributed by atoms with Gasteiger partial charge in [-0.2, -0.15) is 0 Å². The number of rotatable bonds is 2. The zero-order valence-corrected chi connectivity index (χ0v) is 15.3. The molecule has 0 aliphatic carbocycles. The van der Waals surface area contributed by atoms with E-state index in [9.17, 15) is 4.79 Å². The molecule has 6 heteroatoms. The number of piperidine rings is 1. The smallest absolute Gasteiger partial charge is 0.407 e. The summed E-state index contributed by atoms with van der Waals surface area (Å²) < 4.78 is 5.37. The van der Waals surface area contributed by atoms with Gasteiger partial charge in [0, 0.05) is 36.9 Å². The van der Waals surface area contributed by atoms with Crippen molar-refractivity contribution < 1.29 is 9.53 Å². The van der Waals surface area contributed by atoms with E-state index in [0.717, 1.165) is 36.2 Å².